The van der Waals surface area contributed by atoms with E-state index in [9.17, 15) is 9.59 Å². The predicted molar refractivity (Wildman–Crippen MR) is 62.2 cm³/mol. The van der Waals surface area contributed by atoms with Crippen LogP contribution in [0, 0.1) is 5.92 Å². The van der Waals surface area contributed by atoms with Crippen LogP contribution in [0.15, 0.2) is 0 Å². The standard InChI is InChI=1S/C12H19NO5/c1-11(2,3)18-10(16)13-4-5-17-7-12(13)6-8(12)9(14)15/h8H,4-7H2,1-3H3,(H,14,15)/t8?,12-/m1/s1. The number of hydrogen-bond acceptors (Lipinski definition) is 4. The van der Waals surface area contributed by atoms with Crippen molar-refractivity contribution in [2.24, 2.45) is 5.92 Å². The van der Waals surface area contributed by atoms with Gasteiger partial charge in [-0.1, -0.05) is 0 Å². The molecule has 2 fully saturated rings. The van der Waals surface area contributed by atoms with Gasteiger partial charge in [-0.05, 0) is 27.2 Å². The zero-order valence-electron chi connectivity index (χ0n) is 10.9. The van der Waals surface area contributed by atoms with Crippen LogP contribution in [-0.4, -0.2) is 53.0 Å². The van der Waals surface area contributed by atoms with Crippen molar-refractivity contribution in [3.63, 3.8) is 0 Å². The molecular weight excluding hydrogens is 238 g/mol. The van der Waals surface area contributed by atoms with Gasteiger partial charge in [0.25, 0.3) is 0 Å². The van der Waals surface area contributed by atoms with E-state index >= 15 is 0 Å². The number of carbonyl (C=O) groups excluding carboxylic acids is 1. The highest BCUT2D eigenvalue weighted by atomic mass is 16.6. The lowest BCUT2D eigenvalue weighted by Gasteiger charge is -2.37. The number of hydrogen-bond donors (Lipinski definition) is 1. The molecule has 0 bridgehead atoms. The molecule has 1 aliphatic heterocycles. The molecule has 1 unspecified atom stereocenters. The number of amides is 1. The Hall–Kier alpha value is -1.30. The molecule has 6 nitrogen and oxygen atoms in total. The molecule has 1 aliphatic carbocycles. The largest absolute Gasteiger partial charge is 0.481 e. The van der Waals surface area contributed by atoms with Crippen LogP contribution in [-0.2, 0) is 14.3 Å². The number of nitrogens with zero attached hydrogens (tertiary/aromatic N) is 1. The van der Waals surface area contributed by atoms with E-state index in [1.165, 1.54) is 4.90 Å². The summed E-state index contributed by atoms with van der Waals surface area (Å²) in [7, 11) is 0. The Balaban J connectivity index is 2.11. The third kappa shape index (κ3) is 2.29. The van der Waals surface area contributed by atoms with E-state index in [1.54, 1.807) is 20.8 Å². The number of morpholine rings is 1. The van der Waals surface area contributed by atoms with Crippen LogP contribution in [0.1, 0.15) is 27.2 Å². The molecular formula is C12H19NO5. The van der Waals surface area contributed by atoms with Gasteiger partial charge in [0, 0.05) is 6.54 Å². The Bertz CT molecular complexity index is 375. The van der Waals surface area contributed by atoms with Gasteiger partial charge in [-0.3, -0.25) is 9.69 Å². The van der Waals surface area contributed by atoms with Crippen molar-refractivity contribution in [1.82, 2.24) is 4.90 Å². The summed E-state index contributed by atoms with van der Waals surface area (Å²) in [5, 5.41) is 9.07. The molecule has 1 amide bonds. The van der Waals surface area contributed by atoms with Crippen LogP contribution < -0.4 is 0 Å². The first kappa shape index (κ1) is 13.1. The maximum Gasteiger partial charge on any atom is 0.410 e. The highest BCUT2D eigenvalue weighted by molar-refractivity contribution is 5.79. The molecule has 0 radical (unpaired) electrons. The second-order valence-corrected chi connectivity index (χ2v) is 5.88. The zero-order valence-corrected chi connectivity index (χ0v) is 10.9. The van der Waals surface area contributed by atoms with E-state index in [2.05, 4.69) is 0 Å². The minimum atomic E-state index is -0.881. The number of ether oxygens (including phenoxy) is 2. The summed E-state index contributed by atoms with van der Waals surface area (Å²) >= 11 is 0. The molecule has 1 spiro atoms. The summed E-state index contributed by atoms with van der Waals surface area (Å²) < 4.78 is 10.6. The number of carbonyl (C=O) groups is 2. The lowest BCUT2D eigenvalue weighted by Crippen LogP contribution is -2.53. The summed E-state index contributed by atoms with van der Waals surface area (Å²) in [6.45, 7) is 6.47. The maximum absolute atomic E-state index is 12.1. The van der Waals surface area contributed by atoms with E-state index in [0.717, 1.165) is 0 Å². The number of carboxylic acids is 1. The molecule has 1 saturated heterocycles. The van der Waals surface area contributed by atoms with Crippen molar-refractivity contribution in [3.8, 4) is 0 Å². The van der Waals surface area contributed by atoms with Crippen LogP contribution in [0.25, 0.3) is 0 Å². The zero-order chi connectivity index (χ0) is 13.6. The lowest BCUT2D eigenvalue weighted by atomic mass is 10.1. The molecule has 1 saturated carbocycles. The lowest BCUT2D eigenvalue weighted by molar-refractivity contribution is -0.140. The Morgan fingerprint density at radius 2 is 2.11 bits per heavy atom. The van der Waals surface area contributed by atoms with Crippen molar-refractivity contribution in [3.05, 3.63) is 0 Å². The Morgan fingerprint density at radius 1 is 1.44 bits per heavy atom. The SMILES string of the molecule is CC(C)(C)OC(=O)N1CCOC[C@@]12CC2C(=O)O. The Kier molecular flexibility index (Phi) is 3.01. The quantitative estimate of drug-likeness (QED) is 0.761. The minimum absolute atomic E-state index is 0.281. The molecule has 6 heteroatoms. The van der Waals surface area contributed by atoms with Crippen molar-refractivity contribution < 1.29 is 24.2 Å². The molecule has 1 N–H and O–H groups in total. The fraction of sp³-hybridized carbons (Fsp3) is 0.833. The fourth-order valence-corrected chi connectivity index (χ4v) is 2.36. The van der Waals surface area contributed by atoms with Gasteiger partial charge in [-0.2, -0.15) is 0 Å². The van der Waals surface area contributed by atoms with E-state index in [0.29, 0.717) is 19.6 Å². The third-order valence-electron chi connectivity index (χ3n) is 3.31. The monoisotopic (exact) mass is 257 g/mol. The van der Waals surface area contributed by atoms with E-state index in [-0.39, 0.29) is 6.61 Å². The van der Waals surface area contributed by atoms with Crippen molar-refractivity contribution in [1.29, 1.82) is 0 Å². The summed E-state index contributed by atoms with van der Waals surface area (Å²) in [4.78, 5) is 24.7. The first-order chi connectivity index (χ1) is 8.26. The predicted octanol–water partition coefficient (Wildman–Crippen LogP) is 1.10. The number of carboxylic acid groups (broad SMARTS) is 1. The Morgan fingerprint density at radius 3 is 2.61 bits per heavy atom. The van der Waals surface area contributed by atoms with Crippen LogP contribution >= 0.6 is 0 Å². The maximum atomic E-state index is 12.1. The molecule has 2 aliphatic rings. The van der Waals surface area contributed by atoms with Crippen molar-refractivity contribution in [2.75, 3.05) is 19.8 Å². The highest BCUT2D eigenvalue weighted by Crippen LogP contribution is 2.50. The molecule has 102 valence electrons. The van der Waals surface area contributed by atoms with Crippen LogP contribution in [0.5, 0.6) is 0 Å². The first-order valence-electron chi connectivity index (χ1n) is 6.07. The van der Waals surface area contributed by atoms with Gasteiger partial charge in [-0.15, -0.1) is 0 Å². The smallest absolute Gasteiger partial charge is 0.410 e. The van der Waals surface area contributed by atoms with Gasteiger partial charge < -0.3 is 14.6 Å². The molecule has 1 heterocycles. The molecule has 0 aromatic heterocycles. The second-order valence-electron chi connectivity index (χ2n) is 5.88. The molecule has 18 heavy (non-hydrogen) atoms. The summed E-state index contributed by atoms with van der Waals surface area (Å²) in [5.41, 5.74) is -1.27. The Labute approximate surface area is 106 Å². The topological polar surface area (TPSA) is 76.1 Å². The average Bonchev–Trinajstić information content (AvgIpc) is 2.91. The van der Waals surface area contributed by atoms with E-state index < -0.39 is 29.1 Å². The van der Waals surface area contributed by atoms with Crippen LogP contribution in [0.4, 0.5) is 4.79 Å². The number of aliphatic carboxylic acids is 1. The van der Waals surface area contributed by atoms with E-state index in [4.69, 9.17) is 14.6 Å². The fourth-order valence-electron chi connectivity index (χ4n) is 2.36. The summed E-state index contributed by atoms with van der Waals surface area (Å²) in [6, 6.07) is 0. The highest BCUT2D eigenvalue weighted by Gasteiger charge is 2.65. The molecule has 0 aromatic carbocycles. The average molecular weight is 257 g/mol. The minimum Gasteiger partial charge on any atom is -0.481 e. The van der Waals surface area contributed by atoms with Crippen molar-refractivity contribution in [2.45, 2.75) is 38.3 Å². The first-order valence-corrected chi connectivity index (χ1v) is 6.07. The summed E-state index contributed by atoms with van der Waals surface area (Å²) in [6.07, 6.45) is -0.00348. The number of rotatable bonds is 1. The molecule has 2 rings (SSSR count). The van der Waals surface area contributed by atoms with Gasteiger partial charge in [-0.25, -0.2) is 4.79 Å². The third-order valence-corrected chi connectivity index (χ3v) is 3.31. The summed E-state index contributed by atoms with van der Waals surface area (Å²) in [5.74, 6) is -1.42. The van der Waals surface area contributed by atoms with Crippen LogP contribution in [0.2, 0.25) is 0 Å². The second kappa shape index (κ2) is 4.12. The van der Waals surface area contributed by atoms with Gasteiger partial charge >= 0.3 is 12.1 Å². The molecule has 0 aromatic rings. The van der Waals surface area contributed by atoms with Crippen molar-refractivity contribution >= 4 is 12.1 Å². The van der Waals surface area contributed by atoms with Crippen LogP contribution in [0.3, 0.4) is 0 Å². The van der Waals surface area contributed by atoms with Gasteiger partial charge in [0.15, 0.2) is 0 Å². The van der Waals surface area contributed by atoms with Gasteiger partial charge in [0.05, 0.1) is 24.7 Å². The van der Waals surface area contributed by atoms with Gasteiger partial charge in [0.1, 0.15) is 5.60 Å². The van der Waals surface area contributed by atoms with E-state index in [1.807, 2.05) is 0 Å². The normalized spacial score (nSPS) is 31.3. The molecule has 2 atom stereocenters. The van der Waals surface area contributed by atoms with Gasteiger partial charge in [0.2, 0.25) is 0 Å².